The summed E-state index contributed by atoms with van der Waals surface area (Å²) in [6, 6.07) is 12.5. The largest absolute Gasteiger partial charge is 0.491 e. The van der Waals surface area contributed by atoms with Crippen LogP contribution in [-0.2, 0) is 0 Å². The minimum absolute atomic E-state index is 0.150. The van der Waals surface area contributed by atoms with Crippen LogP contribution < -0.4 is 9.47 Å². The van der Waals surface area contributed by atoms with Gasteiger partial charge in [0.2, 0.25) is 0 Å². The van der Waals surface area contributed by atoms with Gasteiger partial charge in [-0.25, -0.2) is 0 Å². The van der Waals surface area contributed by atoms with Crippen LogP contribution in [0.4, 0.5) is 0 Å². The molecule has 0 saturated carbocycles. The summed E-state index contributed by atoms with van der Waals surface area (Å²) in [4.78, 5) is 0. The number of benzene rings is 2. The summed E-state index contributed by atoms with van der Waals surface area (Å²) in [6.07, 6.45) is 0.150. The summed E-state index contributed by atoms with van der Waals surface area (Å²) in [5.74, 6) is 2.08. The molecule has 0 radical (unpaired) electrons. The molecule has 0 spiro atoms. The molecule has 2 rings (SSSR count). The molecule has 0 N–H and O–H groups in total. The molecule has 0 aromatic heterocycles. The monoisotopic (exact) mass is 296 g/mol. The van der Waals surface area contributed by atoms with E-state index in [0.29, 0.717) is 21.5 Å². The molecule has 0 atom stereocenters. The van der Waals surface area contributed by atoms with Gasteiger partial charge in [0.25, 0.3) is 0 Å². The molecule has 0 amide bonds. The highest BCUT2D eigenvalue weighted by atomic mass is 35.5. The quantitative estimate of drug-likeness (QED) is 0.734. The predicted molar refractivity (Wildman–Crippen MR) is 78.7 cm³/mol. The Balaban J connectivity index is 2.10. The van der Waals surface area contributed by atoms with Gasteiger partial charge in [-0.1, -0.05) is 23.2 Å². The van der Waals surface area contributed by atoms with Crippen LogP contribution >= 0.6 is 23.2 Å². The molecule has 2 aromatic rings. The standard InChI is InChI=1S/C15H14Cl2O2/c1-10(2)18-12-4-6-13(7-5-12)19-15-8-3-11(16)9-14(15)17/h3-10H,1-2H3. The van der Waals surface area contributed by atoms with E-state index in [2.05, 4.69) is 0 Å². The SMILES string of the molecule is CC(C)Oc1ccc(Oc2ccc(Cl)cc2Cl)cc1. The maximum Gasteiger partial charge on any atom is 0.146 e. The normalized spacial score (nSPS) is 10.6. The van der Waals surface area contributed by atoms with Crippen LogP contribution in [0.5, 0.6) is 17.2 Å². The fourth-order valence-electron chi connectivity index (χ4n) is 1.54. The minimum Gasteiger partial charge on any atom is -0.491 e. The molecular weight excluding hydrogens is 283 g/mol. The first-order valence-corrected chi connectivity index (χ1v) is 6.70. The highest BCUT2D eigenvalue weighted by Crippen LogP contribution is 2.32. The zero-order valence-corrected chi connectivity index (χ0v) is 12.2. The Morgan fingerprint density at radius 1 is 0.895 bits per heavy atom. The van der Waals surface area contributed by atoms with Crippen LogP contribution in [0.3, 0.4) is 0 Å². The van der Waals surface area contributed by atoms with Crippen LogP contribution in [0.2, 0.25) is 10.0 Å². The molecule has 4 heteroatoms. The van der Waals surface area contributed by atoms with Gasteiger partial charge in [-0.3, -0.25) is 0 Å². The van der Waals surface area contributed by atoms with Crippen LogP contribution in [0.1, 0.15) is 13.8 Å². The Hall–Kier alpha value is -1.38. The lowest BCUT2D eigenvalue weighted by atomic mass is 10.3. The zero-order chi connectivity index (χ0) is 13.8. The molecular formula is C15H14Cl2O2. The average molecular weight is 297 g/mol. The van der Waals surface area contributed by atoms with Crippen molar-refractivity contribution in [3.8, 4) is 17.2 Å². The Bertz CT molecular complexity index is 551. The van der Waals surface area contributed by atoms with Gasteiger partial charge in [0.1, 0.15) is 17.2 Å². The Labute approximate surface area is 122 Å². The molecule has 100 valence electrons. The maximum absolute atomic E-state index is 6.05. The van der Waals surface area contributed by atoms with E-state index in [1.165, 1.54) is 0 Å². The van der Waals surface area contributed by atoms with E-state index in [0.717, 1.165) is 5.75 Å². The van der Waals surface area contributed by atoms with E-state index in [9.17, 15) is 0 Å². The first-order chi connectivity index (χ1) is 9.04. The number of halogens is 2. The molecule has 0 aliphatic heterocycles. The molecule has 0 fully saturated rings. The molecule has 0 aliphatic rings. The summed E-state index contributed by atoms with van der Waals surface area (Å²) in [5.41, 5.74) is 0. The van der Waals surface area contributed by atoms with Gasteiger partial charge >= 0.3 is 0 Å². The molecule has 0 bridgehead atoms. The Morgan fingerprint density at radius 2 is 1.53 bits per heavy atom. The Morgan fingerprint density at radius 3 is 2.11 bits per heavy atom. The number of rotatable bonds is 4. The lowest BCUT2D eigenvalue weighted by molar-refractivity contribution is 0.242. The smallest absolute Gasteiger partial charge is 0.146 e. The maximum atomic E-state index is 6.05. The van der Waals surface area contributed by atoms with Crippen LogP contribution in [0.15, 0.2) is 42.5 Å². The second-order valence-corrected chi connectivity index (χ2v) is 5.16. The van der Waals surface area contributed by atoms with Gasteiger partial charge in [0.05, 0.1) is 11.1 Å². The van der Waals surface area contributed by atoms with Gasteiger partial charge in [0, 0.05) is 5.02 Å². The summed E-state index contributed by atoms with van der Waals surface area (Å²) >= 11 is 11.9. The fraction of sp³-hybridized carbons (Fsp3) is 0.200. The number of hydrogen-bond donors (Lipinski definition) is 0. The molecule has 0 unspecified atom stereocenters. The van der Waals surface area contributed by atoms with Gasteiger partial charge in [-0.15, -0.1) is 0 Å². The molecule has 2 nitrogen and oxygen atoms in total. The van der Waals surface area contributed by atoms with Crippen molar-refractivity contribution in [1.29, 1.82) is 0 Å². The third kappa shape index (κ3) is 4.05. The van der Waals surface area contributed by atoms with E-state index in [1.807, 2.05) is 38.1 Å². The van der Waals surface area contributed by atoms with Crippen molar-refractivity contribution in [2.24, 2.45) is 0 Å². The van der Waals surface area contributed by atoms with E-state index in [1.54, 1.807) is 18.2 Å². The first kappa shape index (κ1) is 14.0. The van der Waals surface area contributed by atoms with E-state index >= 15 is 0 Å². The zero-order valence-electron chi connectivity index (χ0n) is 10.7. The van der Waals surface area contributed by atoms with Gasteiger partial charge < -0.3 is 9.47 Å². The number of hydrogen-bond acceptors (Lipinski definition) is 2. The fourth-order valence-corrected chi connectivity index (χ4v) is 1.99. The third-order valence-electron chi connectivity index (χ3n) is 2.32. The summed E-state index contributed by atoms with van der Waals surface area (Å²) < 4.78 is 11.2. The molecule has 0 aliphatic carbocycles. The van der Waals surface area contributed by atoms with Crippen molar-refractivity contribution >= 4 is 23.2 Å². The summed E-state index contributed by atoms with van der Waals surface area (Å²) in [6.45, 7) is 3.97. The minimum atomic E-state index is 0.150. The highest BCUT2D eigenvalue weighted by Gasteiger charge is 2.04. The second-order valence-electron chi connectivity index (χ2n) is 4.31. The van der Waals surface area contributed by atoms with Gasteiger partial charge in [-0.05, 0) is 56.3 Å². The lowest BCUT2D eigenvalue weighted by Crippen LogP contribution is -2.05. The van der Waals surface area contributed by atoms with Crippen molar-refractivity contribution in [2.45, 2.75) is 20.0 Å². The van der Waals surface area contributed by atoms with Crippen LogP contribution in [-0.4, -0.2) is 6.10 Å². The Kier molecular flexibility index (Phi) is 4.56. The van der Waals surface area contributed by atoms with Crippen molar-refractivity contribution in [2.75, 3.05) is 0 Å². The summed E-state index contributed by atoms with van der Waals surface area (Å²) in [5, 5.41) is 1.06. The topological polar surface area (TPSA) is 18.5 Å². The first-order valence-electron chi connectivity index (χ1n) is 5.94. The van der Waals surface area contributed by atoms with E-state index in [-0.39, 0.29) is 6.10 Å². The van der Waals surface area contributed by atoms with Gasteiger partial charge in [-0.2, -0.15) is 0 Å². The average Bonchev–Trinajstić information content (AvgIpc) is 2.34. The summed E-state index contributed by atoms with van der Waals surface area (Å²) in [7, 11) is 0. The molecule has 2 aromatic carbocycles. The molecule has 19 heavy (non-hydrogen) atoms. The van der Waals surface area contributed by atoms with Crippen molar-refractivity contribution in [3.05, 3.63) is 52.5 Å². The van der Waals surface area contributed by atoms with Crippen molar-refractivity contribution in [1.82, 2.24) is 0 Å². The van der Waals surface area contributed by atoms with E-state index in [4.69, 9.17) is 32.7 Å². The van der Waals surface area contributed by atoms with Crippen molar-refractivity contribution < 1.29 is 9.47 Å². The lowest BCUT2D eigenvalue weighted by Gasteiger charge is -2.11. The van der Waals surface area contributed by atoms with Crippen LogP contribution in [0, 0.1) is 0 Å². The third-order valence-corrected chi connectivity index (χ3v) is 2.85. The van der Waals surface area contributed by atoms with Gasteiger partial charge in [0.15, 0.2) is 0 Å². The van der Waals surface area contributed by atoms with Crippen molar-refractivity contribution in [3.63, 3.8) is 0 Å². The highest BCUT2D eigenvalue weighted by molar-refractivity contribution is 6.35. The van der Waals surface area contributed by atoms with E-state index < -0.39 is 0 Å². The predicted octanol–water partition coefficient (Wildman–Crippen LogP) is 5.57. The number of ether oxygens (including phenoxy) is 2. The molecule has 0 saturated heterocycles. The van der Waals surface area contributed by atoms with Crippen LogP contribution in [0.25, 0.3) is 0 Å². The second kappa shape index (κ2) is 6.18. The molecule has 0 heterocycles.